The lowest BCUT2D eigenvalue weighted by Crippen LogP contribution is -2.25. The van der Waals surface area contributed by atoms with E-state index in [1.54, 1.807) is 11.3 Å². The van der Waals surface area contributed by atoms with Gasteiger partial charge in [0.05, 0.1) is 6.57 Å². The van der Waals surface area contributed by atoms with Gasteiger partial charge in [0.15, 0.2) is 11.3 Å². The maximum atomic E-state index is 9.76. The van der Waals surface area contributed by atoms with E-state index in [4.69, 9.17) is 16.0 Å². The highest BCUT2D eigenvalue weighted by Gasteiger charge is 2.43. The molecule has 0 spiro atoms. The molecule has 1 unspecified atom stereocenters. The third-order valence-corrected chi connectivity index (χ3v) is 11.1. The number of benzene rings is 4. The van der Waals surface area contributed by atoms with Gasteiger partial charge in [-0.1, -0.05) is 104 Å². The summed E-state index contributed by atoms with van der Waals surface area (Å²) in [7, 11) is 0. The number of unbranched alkanes of at least 4 members (excludes halogenated alkanes) is 2. The van der Waals surface area contributed by atoms with Crippen molar-refractivity contribution in [1.82, 2.24) is 0 Å². The third kappa shape index (κ3) is 9.84. The van der Waals surface area contributed by atoms with E-state index in [9.17, 15) is 15.6 Å². The lowest BCUT2D eigenvalue weighted by atomic mass is 9.86. The maximum absolute atomic E-state index is 9.76. The summed E-state index contributed by atoms with van der Waals surface area (Å²) in [6, 6.07) is 42.5. The van der Waals surface area contributed by atoms with E-state index in [0.29, 0.717) is 12.2 Å². The Morgan fingerprint density at radius 2 is 1.48 bits per heavy atom. The Kier molecular flexibility index (Phi) is 14.1. The number of aliphatic hydroxyl groups excluding tert-OH is 1. The van der Waals surface area contributed by atoms with Crippen molar-refractivity contribution in [2.75, 3.05) is 24.6 Å². The molecule has 1 atom stereocenters. The van der Waals surface area contributed by atoms with Gasteiger partial charge in [-0.15, -0.1) is 11.3 Å². The molecule has 7 nitrogen and oxygen atoms in total. The summed E-state index contributed by atoms with van der Waals surface area (Å²) in [5, 5.41) is 28.9. The Morgan fingerprint density at radius 1 is 0.828 bits per heavy atom. The zero-order chi connectivity index (χ0) is 40.7. The Balaban J connectivity index is 1.28. The Bertz CT molecular complexity index is 2410. The molecule has 2 heterocycles. The molecular formula is C50H46N4O3S. The summed E-state index contributed by atoms with van der Waals surface area (Å²) in [5.41, 5.74) is 5.43. The van der Waals surface area contributed by atoms with Crippen molar-refractivity contribution in [2.24, 2.45) is 0 Å². The van der Waals surface area contributed by atoms with E-state index in [-0.39, 0.29) is 23.6 Å². The molecule has 0 saturated carbocycles. The molecular weight excluding hydrogens is 737 g/mol. The fraction of sp³-hybridized carbons (Fsp3) is 0.220. The number of nitriles is 2. The fourth-order valence-corrected chi connectivity index (χ4v) is 7.68. The molecule has 8 heteroatoms. The van der Waals surface area contributed by atoms with Gasteiger partial charge >= 0.3 is 0 Å². The summed E-state index contributed by atoms with van der Waals surface area (Å²) in [6.45, 7) is 14.6. The van der Waals surface area contributed by atoms with Gasteiger partial charge in [-0.2, -0.15) is 10.5 Å². The molecule has 4 aromatic carbocycles. The van der Waals surface area contributed by atoms with Crippen molar-refractivity contribution >= 4 is 35.3 Å². The molecule has 5 aromatic rings. The van der Waals surface area contributed by atoms with E-state index in [1.165, 1.54) is 0 Å². The van der Waals surface area contributed by atoms with Crippen LogP contribution in [0.15, 0.2) is 144 Å². The summed E-state index contributed by atoms with van der Waals surface area (Å²) in [4.78, 5) is 8.16. The summed E-state index contributed by atoms with van der Waals surface area (Å²) in [6.07, 6.45) is 11.9. The van der Waals surface area contributed by atoms with Crippen molar-refractivity contribution in [2.45, 2.75) is 51.7 Å². The minimum Gasteiger partial charge on any atom is -0.488 e. The predicted molar refractivity (Wildman–Crippen MR) is 235 cm³/mol. The topological polar surface area (TPSA) is 93.9 Å². The second-order valence-electron chi connectivity index (χ2n) is 14.1. The first-order chi connectivity index (χ1) is 28.4. The van der Waals surface area contributed by atoms with Gasteiger partial charge in [0.25, 0.3) is 0 Å². The van der Waals surface area contributed by atoms with Crippen LogP contribution >= 0.6 is 11.3 Å². The fourth-order valence-electron chi connectivity index (χ4n) is 6.86. The van der Waals surface area contributed by atoms with Gasteiger partial charge in [0, 0.05) is 52.3 Å². The van der Waals surface area contributed by atoms with Crippen LogP contribution in [0.4, 0.5) is 5.69 Å². The number of anilines is 1. The Labute approximate surface area is 346 Å². The van der Waals surface area contributed by atoms with Crippen LogP contribution in [0.25, 0.3) is 34.2 Å². The molecule has 6 rings (SSSR count). The molecule has 0 fully saturated rings. The van der Waals surface area contributed by atoms with E-state index in [1.807, 2.05) is 110 Å². The SMILES string of the molecule is [C-]#[N+]C1=C(/C=C/c2ccc(/C=C/c3ccc(N(CCCC)CCCCO)cc3OCc3ccccc3)s2)C(C)(c2ccc(-c3ccccc3)cc2)OC1=C(C#N)C#N. The van der Waals surface area contributed by atoms with Gasteiger partial charge in [-0.25, -0.2) is 4.85 Å². The lowest BCUT2D eigenvalue weighted by molar-refractivity contribution is 0.0755. The Morgan fingerprint density at radius 3 is 2.14 bits per heavy atom. The van der Waals surface area contributed by atoms with Crippen molar-refractivity contribution < 1.29 is 14.6 Å². The van der Waals surface area contributed by atoms with Crippen LogP contribution in [-0.4, -0.2) is 24.8 Å². The first-order valence-corrected chi connectivity index (χ1v) is 20.4. The van der Waals surface area contributed by atoms with Gasteiger partial charge in [-0.05, 0) is 90.9 Å². The average molecular weight is 783 g/mol. The number of ether oxygens (including phenoxy) is 2. The van der Waals surface area contributed by atoms with E-state index >= 15 is 0 Å². The average Bonchev–Trinajstić information content (AvgIpc) is 3.85. The first-order valence-electron chi connectivity index (χ1n) is 19.5. The largest absolute Gasteiger partial charge is 0.488 e. The summed E-state index contributed by atoms with van der Waals surface area (Å²) in [5.74, 6) is 0.797. The highest BCUT2D eigenvalue weighted by molar-refractivity contribution is 7.13. The third-order valence-electron chi connectivity index (χ3n) is 10.1. The van der Waals surface area contributed by atoms with E-state index in [0.717, 1.165) is 87.8 Å². The molecule has 290 valence electrons. The number of aliphatic hydroxyl groups is 1. The van der Waals surface area contributed by atoms with Crippen molar-refractivity contribution in [1.29, 1.82) is 10.5 Å². The highest BCUT2D eigenvalue weighted by Crippen LogP contribution is 2.48. The molecule has 0 aliphatic carbocycles. The van der Waals surface area contributed by atoms with Crippen molar-refractivity contribution in [3.8, 4) is 29.0 Å². The second-order valence-corrected chi connectivity index (χ2v) is 15.2. The number of nitrogens with zero attached hydrogens (tertiary/aromatic N) is 4. The van der Waals surface area contributed by atoms with Crippen LogP contribution in [0.3, 0.4) is 0 Å². The Hall–Kier alpha value is -6.63. The van der Waals surface area contributed by atoms with Crippen LogP contribution in [0.2, 0.25) is 0 Å². The normalized spacial score (nSPS) is 14.9. The van der Waals surface area contributed by atoms with Gasteiger partial charge in [-0.3, -0.25) is 0 Å². The maximum Gasteiger partial charge on any atom is 0.237 e. The molecule has 1 aliphatic rings. The quantitative estimate of drug-likeness (QED) is 0.0573. The number of hydrogen-bond donors (Lipinski definition) is 1. The number of thiophene rings is 1. The molecule has 1 aliphatic heterocycles. The van der Waals surface area contributed by atoms with Crippen LogP contribution in [0.1, 0.15) is 66.0 Å². The minimum absolute atomic E-state index is 0.000891. The highest BCUT2D eigenvalue weighted by atomic mass is 32.1. The van der Waals surface area contributed by atoms with Gasteiger partial charge < -0.3 is 19.5 Å². The first kappa shape index (κ1) is 41.0. The summed E-state index contributed by atoms with van der Waals surface area (Å²) >= 11 is 1.60. The zero-order valence-electron chi connectivity index (χ0n) is 32.9. The molecule has 0 saturated heterocycles. The molecule has 58 heavy (non-hydrogen) atoms. The lowest BCUT2D eigenvalue weighted by Gasteiger charge is -2.28. The van der Waals surface area contributed by atoms with Crippen LogP contribution in [0, 0.1) is 29.2 Å². The molecule has 0 amide bonds. The molecule has 1 N–H and O–H groups in total. The molecule has 1 aromatic heterocycles. The second kappa shape index (κ2) is 20.0. The number of rotatable bonds is 17. The van der Waals surface area contributed by atoms with Crippen LogP contribution < -0.4 is 9.64 Å². The standard InChI is InChI=1S/C50H46N4O3S/c1-4-5-30-54(31-12-13-32-55)43-24-20-40(47(33-43)56-36-37-14-8-6-9-15-37)21-25-44-26-27-45(58-44)28-29-46-48(53-3)49(41(34-51)35-52)57-50(46,2)42-22-18-39(19-23-42)38-16-10-7-11-17-38/h6-11,14-29,33,55H,4-5,12-13,30-32,36H2,1-2H3/b25-21+,29-28+. The number of allylic oxidation sites excluding steroid dienone is 1. The minimum atomic E-state index is -1.12. The van der Waals surface area contributed by atoms with Crippen molar-refractivity contribution in [3.63, 3.8) is 0 Å². The predicted octanol–water partition coefficient (Wildman–Crippen LogP) is 12.0. The van der Waals surface area contributed by atoms with Crippen LogP contribution in [0.5, 0.6) is 5.75 Å². The molecule has 0 bridgehead atoms. The zero-order valence-corrected chi connectivity index (χ0v) is 33.7. The molecule has 0 radical (unpaired) electrons. The monoisotopic (exact) mass is 782 g/mol. The van der Waals surface area contributed by atoms with Gasteiger partial charge in [0.2, 0.25) is 5.70 Å². The van der Waals surface area contributed by atoms with E-state index < -0.39 is 5.60 Å². The van der Waals surface area contributed by atoms with Gasteiger partial charge in [0.1, 0.15) is 30.1 Å². The van der Waals surface area contributed by atoms with E-state index in [2.05, 4.69) is 65.2 Å². The smallest absolute Gasteiger partial charge is 0.237 e. The number of hydrogen-bond acceptors (Lipinski definition) is 7. The van der Waals surface area contributed by atoms with Crippen molar-refractivity contribution in [3.05, 3.63) is 182 Å². The van der Waals surface area contributed by atoms with Crippen LogP contribution in [-0.2, 0) is 16.9 Å². The summed E-state index contributed by atoms with van der Waals surface area (Å²) < 4.78 is 12.9.